The highest BCUT2D eigenvalue weighted by atomic mass is 32.2. The zero-order valence-corrected chi connectivity index (χ0v) is 12.5. The molecule has 1 saturated heterocycles. The summed E-state index contributed by atoms with van der Waals surface area (Å²) in [5, 5.41) is 0. The monoisotopic (exact) mass is 283 g/mol. The van der Waals surface area contributed by atoms with E-state index in [1.165, 1.54) is 11.8 Å². The molecule has 1 aliphatic heterocycles. The summed E-state index contributed by atoms with van der Waals surface area (Å²) in [5.41, 5.74) is 1.18. The van der Waals surface area contributed by atoms with Crippen LogP contribution in [0.2, 0.25) is 0 Å². The van der Waals surface area contributed by atoms with Crippen LogP contribution < -0.4 is 4.74 Å². The fourth-order valence-electron chi connectivity index (χ4n) is 2.33. The molecule has 106 valence electrons. The normalized spacial score (nSPS) is 18.9. The smallest absolute Gasteiger partial charge is 0.148 e. The summed E-state index contributed by atoms with van der Waals surface area (Å²) in [4.78, 5) is 2.14. The molecule has 0 spiro atoms. The second-order valence-corrected chi connectivity index (χ2v) is 7.64. The summed E-state index contributed by atoms with van der Waals surface area (Å²) >= 11 is 0. The van der Waals surface area contributed by atoms with Crippen LogP contribution in [0.1, 0.15) is 12.5 Å². The highest BCUT2D eigenvalue weighted by molar-refractivity contribution is 7.90. The quantitative estimate of drug-likeness (QED) is 0.821. The van der Waals surface area contributed by atoms with Gasteiger partial charge in [0.15, 0.2) is 0 Å². The van der Waals surface area contributed by atoms with Crippen molar-refractivity contribution >= 4 is 9.84 Å². The lowest BCUT2D eigenvalue weighted by Crippen LogP contribution is -2.58. The molecule has 0 aromatic heterocycles. The Morgan fingerprint density at radius 3 is 2.68 bits per heavy atom. The van der Waals surface area contributed by atoms with E-state index in [2.05, 4.69) is 4.90 Å². The van der Waals surface area contributed by atoms with Gasteiger partial charge >= 0.3 is 0 Å². The molecule has 5 heteroatoms. The van der Waals surface area contributed by atoms with Gasteiger partial charge in [-0.15, -0.1) is 0 Å². The van der Waals surface area contributed by atoms with E-state index in [1.807, 2.05) is 38.1 Å². The molecule has 1 fully saturated rings. The van der Waals surface area contributed by atoms with Crippen LogP contribution in [0.5, 0.6) is 5.75 Å². The molecule has 1 atom stereocenters. The van der Waals surface area contributed by atoms with Gasteiger partial charge in [-0.1, -0.05) is 12.1 Å². The van der Waals surface area contributed by atoms with Crippen molar-refractivity contribution in [2.45, 2.75) is 26.0 Å². The van der Waals surface area contributed by atoms with Gasteiger partial charge in [-0.25, -0.2) is 8.42 Å². The van der Waals surface area contributed by atoms with Crippen LogP contribution in [0.4, 0.5) is 0 Å². The predicted molar refractivity (Wildman–Crippen MR) is 76.3 cm³/mol. The van der Waals surface area contributed by atoms with Crippen molar-refractivity contribution in [3.05, 3.63) is 29.8 Å². The average Bonchev–Trinajstić information content (AvgIpc) is 2.20. The first-order chi connectivity index (χ1) is 8.83. The standard InChI is InChI=1S/C14H21NO3S/c1-11-5-4-6-13(7-11)18-14-8-15(9-14)12(2)10-19(3,16)17/h4-7,12,14H,8-10H2,1-3H3/t12-/m0/s1. The number of ether oxygens (including phenoxy) is 1. The molecule has 1 aromatic rings. The van der Waals surface area contributed by atoms with Gasteiger partial charge in [-0.3, -0.25) is 4.90 Å². The minimum Gasteiger partial charge on any atom is -0.488 e. The maximum Gasteiger partial charge on any atom is 0.148 e. The van der Waals surface area contributed by atoms with Crippen LogP contribution >= 0.6 is 0 Å². The van der Waals surface area contributed by atoms with Crippen molar-refractivity contribution in [1.29, 1.82) is 0 Å². The third kappa shape index (κ3) is 4.21. The molecular formula is C14H21NO3S. The van der Waals surface area contributed by atoms with E-state index in [9.17, 15) is 8.42 Å². The molecule has 0 amide bonds. The third-order valence-electron chi connectivity index (χ3n) is 3.34. The van der Waals surface area contributed by atoms with Crippen LogP contribution in [-0.4, -0.2) is 50.6 Å². The zero-order chi connectivity index (χ0) is 14.0. The zero-order valence-electron chi connectivity index (χ0n) is 11.7. The van der Waals surface area contributed by atoms with Gasteiger partial charge < -0.3 is 4.74 Å². The van der Waals surface area contributed by atoms with E-state index in [0.717, 1.165) is 18.8 Å². The van der Waals surface area contributed by atoms with Crippen LogP contribution in [0, 0.1) is 6.92 Å². The Balaban J connectivity index is 1.80. The summed E-state index contributed by atoms with van der Waals surface area (Å²) < 4.78 is 28.3. The minimum absolute atomic E-state index is 0.0624. The number of aryl methyl sites for hydroxylation is 1. The number of hydrogen-bond donors (Lipinski definition) is 0. The summed E-state index contributed by atoms with van der Waals surface area (Å²) in [7, 11) is -2.91. The summed E-state index contributed by atoms with van der Waals surface area (Å²) in [6.45, 7) is 5.58. The molecule has 0 aliphatic carbocycles. The van der Waals surface area contributed by atoms with E-state index in [0.29, 0.717) is 0 Å². The second-order valence-electron chi connectivity index (χ2n) is 5.45. The SMILES string of the molecule is Cc1cccc(OC2CN([C@@H](C)CS(C)(=O)=O)C2)c1. The first-order valence-corrected chi connectivity index (χ1v) is 8.54. The summed E-state index contributed by atoms with van der Waals surface area (Å²) in [6, 6.07) is 8.05. The largest absolute Gasteiger partial charge is 0.488 e. The Labute approximate surface area is 115 Å². The lowest BCUT2D eigenvalue weighted by molar-refractivity contribution is 0.000931. The lowest BCUT2D eigenvalue weighted by Gasteiger charge is -2.42. The Bertz CT molecular complexity index is 535. The highest BCUT2D eigenvalue weighted by Crippen LogP contribution is 2.21. The fraction of sp³-hybridized carbons (Fsp3) is 0.571. The second kappa shape index (κ2) is 5.51. The number of rotatable bonds is 5. The number of likely N-dealkylation sites (tertiary alicyclic amines) is 1. The van der Waals surface area contributed by atoms with Crippen LogP contribution in [0.25, 0.3) is 0 Å². The van der Waals surface area contributed by atoms with Gasteiger partial charge in [-0.2, -0.15) is 0 Å². The number of sulfone groups is 1. The first-order valence-electron chi connectivity index (χ1n) is 6.48. The van der Waals surface area contributed by atoms with Crippen LogP contribution in [0.15, 0.2) is 24.3 Å². The average molecular weight is 283 g/mol. The summed E-state index contributed by atoms with van der Waals surface area (Å²) in [6.07, 6.45) is 1.45. The Kier molecular flexibility index (Phi) is 4.16. The topological polar surface area (TPSA) is 46.6 Å². The van der Waals surface area contributed by atoms with Crippen LogP contribution in [-0.2, 0) is 9.84 Å². The molecule has 0 bridgehead atoms. The molecule has 19 heavy (non-hydrogen) atoms. The molecule has 0 saturated carbocycles. The van der Waals surface area contributed by atoms with Gasteiger partial charge in [0.2, 0.25) is 0 Å². The van der Waals surface area contributed by atoms with Gasteiger partial charge in [0.05, 0.1) is 5.75 Å². The maximum absolute atomic E-state index is 11.2. The Morgan fingerprint density at radius 2 is 2.11 bits per heavy atom. The van der Waals surface area contributed by atoms with Gasteiger partial charge in [0, 0.05) is 25.4 Å². The van der Waals surface area contributed by atoms with Crippen molar-refractivity contribution in [3.63, 3.8) is 0 Å². The van der Waals surface area contributed by atoms with Gasteiger partial charge in [0.25, 0.3) is 0 Å². The molecule has 4 nitrogen and oxygen atoms in total. The first kappa shape index (κ1) is 14.3. The molecule has 0 N–H and O–H groups in total. The molecule has 1 aliphatic rings. The lowest BCUT2D eigenvalue weighted by atomic mass is 10.1. The van der Waals surface area contributed by atoms with E-state index in [4.69, 9.17) is 4.74 Å². The summed E-state index contributed by atoms with van der Waals surface area (Å²) in [5.74, 6) is 1.10. The van der Waals surface area contributed by atoms with Crippen molar-refractivity contribution in [1.82, 2.24) is 4.90 Å². The maximum atomic E-state index is 11.2. The Morgan fingerprint density at radius 1 is 1.42 bits per heavy atom. The molecular weight excluding hydrogens is 262 g/mol. The number of nitrogens with zero attached hydrogens (tertiary/aromatic N) is 1. The van der Waals surface area contributed by atoms with Crippen molar-refractivity contribution in [2.75, 3.05) is 25.1 Å². The molecule has 1 heterocycles. The van der Waals surface area contributed by atoms with E-state index in [-0.39, 0.29) is 17.9 Å². The highest BCUT2D eigenvalue weighted by Gasteiger charge is 2.33. The van der Waals surface area contributed by atoms with Crippen molar-refractivity contribution in [3.8, 4) is 5.75 Å². The van der Waals surface area contributed by atoms with Crippen molar-refractivity contribution < 1.29 is 13.2 Å². The number of benzene rings is 1. The molecule has 1 aromatic carbocycles. The predicted octanol–water partition coefficient (Wildman–Crippen LogP) is 1.49. The van der Waals surface area contributed by atoms with E-state index < -0.39 is 9.84 Å². The van der Waals surface area contributed by atoms with Crippen molar-refractivity contribution in [2.24, 2.45) is 0 Å². The molecule has 0 radical (unpaired) electrons. The Hall–Kier alpha value is -1.07. The molecule has 0 unspecified atom stereocenters. The van der Waals surface area contributed by atoms with E-state index >= 15 is 0 Å². The van der Waals surface area contributed by atoms with Crippen LogP contribution in [0.3, 0.4) is 0 Å². The van der Waals surface area contributed by atoms with Gasteiger partial charge in [0.1, 0.15) is 21.7 Å². The fourth-order valence-corrected chi connectivity index (χ4v) is 3.42. The third-order valence-corrected chi connectivity index (χ3v) is 4.42. The number of hydrogen-bond acceptors (Lipinski definition) is 4. The molecule has 2 rings (SSSR count). The van der Waals surface area contributed by atoms with Gasteiger partial charge in [-0.05, 0) is 31.5 Å². The minimum atomic E-state index is -2.91. The van der Waals surface area contributed by atoms with E-state index in [1.54, 1.807) is 0 Å².